The lowest BCUT2D eigenvalue weighted by Crippen LogP contribution is -2.34. The van der Waals surface area contributed by atoms with Crippen LogP contribution in [0.15, 0.2) is 41.7 Å². The van der Waals surface area contributed by atoms with E-state index < -0.39 is 30.6 Å². The van der Waals surface area contributed by atoms with Gasteiger partial charge in [-0.25, -0.2) is 4.98 Å². The molecule has 0 bridgehead atoms. The maximum Gasteiger partial charge on any atom is 0.203 e. The fraction of sp³-hybridized carbons (Fsp3) is 0.333. The number of fused-ring (bicyclic) bond motifs is 1. The molecule has 3 aromatic rings. The van der Waals surface area contributed by atoms with Crippen LogP contribution in [0.3, 0.4) is 0 Å². The van der Waals surface area contributed by atoms with Crippen LogP contribution in [0, 0.1) is 6.92 Å². The zero-order chi connectivity index (χ0) is 20.0. The van der Waals surface area contributed by atoms with Gasteiger partial charge in [0.15, 0.2) is 6.23 Å². The van der Waals surface area contributed by atoms with Gasteiger partial charge in [-0.15, -0.1) is 0 Å². The van der Waals surface area contributed by atoms with Gasteiger partial charge in [-0.2, -0.15) is 0 Å². The molecule has 0 saturated carbocycles. The van der Waals surface area contributed by atoms with E-state index in [9.17, 15) is 15.3 Å². The Morgan fingerprint density at radius 1 is 1.21 bits per heavy atom. The van der Waals surface area contributed by atoms with Gasteiger partial charge in [0.1, 0.15) is 35.9 Å². The summed E-state index contributed by atoms with van der Waals surface area (Å²) in [4.78, 5) is 7.13. The number of nitrogens with zero attached hydrogens (tertiary/aromatic N) is 3. The molecule has 0 spiro atoms. The number of benzene rings is 1. The van der Waals surface area contributed by atoms with Crippen molar-refractivity contribution in [3.8, 4) is 0 Å². The highest BCUT2D eigenvalue weighted by Gasteiger charge is 2.47. The molecule has 148 valence electrons. The molecular formula is C18H19ClN4O5. The van der Waals surface area contributed by atoms with E-state index in [0.29, 0.717) is 27.4 Å². The molecule has 2 aromatic heterocycles. The number of hydrogen-bond acceptors (Lipinski definition) is 7. The number of aromatic amines is 1. The minimum atomic E-state index is -1.32. The molecule has 1 unspecified atom stereocenters. The standard InChI is InChI=1S/C18H19ClN4O5/c1-8-20-16(22-27)11-6-7-23(17(11)21-8)18-14(26)13(25)15(28-18)12(24)9-2-4-10(19)5-3-9/h2-7,12-15,18,24-27H,1H3,(H,20,21,22)/t12?,13-,14+,15+,18+/m0/s1. The fourth-order valence-electron chi connectivity index (χ4n) is 3.49. The van der Waals surface area contributed by atoms with Gasteiger partial charge in [-0.1, -0.05) is 28.9 Å². The van der Waals surface area contributed by atoms with Gasteiger partial charge in [0.25, 0.3) is 0 Å². The average molecular weight is 407 g/mol. The summed E-state index contributed by atoms with van der Waals surface area (Å²) < 4.78 is 7.42. The number of H-pyrrole nitrogens is 1. The summed E-state index contributed by atoms with van der Waals surface area (Å²) in [7, 11) is 0. The number of rotatable bonds is 3. The highest BCUT2D eigenvalue weighted by Crippen LogP contribution is 2.37. The van der Waals surface area contributed by atoms with Crippen molar-refractivity contribution in [2.75, 3.05) is 0 Å². The number of hydrogen-bond donors (Lipinski definition) is 5. The van der Waals surface area contributed by atoms with Crippen molar-refractivity contribution < 1.29 is 25.3 Å². The summed E-state index contributed by atoms with van der Waals surface area (Å²) in [5, 5.41) is 45.1. The first kappa shape index (κ1) is 18.9. The third kappa shape index (κ3) is 3.07. The van der Waals surface area contributed by atoms with E-state index in [-0.39, 0.29) is 5.49 Å². The molecule has 1 aliphatic heterocycles. The van der Waals surface area contributed by atoms with E-state index in [0.717, 1.165) is 0 Å². The Bertz CT molecular complexity index is 1060. The molecular weight excluding hydrogens is 388 g/mol. The number of aliphatic hydroxyl groups excluding tert-OH is 3. The van der Waals surface area contributed by atoms with Crippen molar-refractivity contribution in [2.45, 2.75) is 37.6 Å². The Labute approximate surface area is 164 Å². The van der Waals surface area contributed by atoms with Crippen LogP contribution in [0.25, 0.3) is 11.0 Å². The Morgan fingerprint density at radius 3 is 2.61 bits per heavy atom. The van der Waals surface area contributed by atoms with Crippen LogP contribution >= 0.6 is 11.6 Å². The van der Waals surface area contributed by atoms with Crippen LogP contribution in [0.4, 0.5) is 0 Å². The molecule has 0 amide bonds. The molecule has 0 radical (unpaired) electrons. The first-order valence-corrected chi connectivity index (χ1v) is 8.99. The number of aromatic nitrogens is 3. The summed E-state index contributed by atoms with van der Waals surface area (Å²) in [6, 6.07) is 8.16. The minimum Gasteiger partial charge on any atom is -0.409 e. The van der Waals surface area contributed by atoms with Gasteiger partial charge in [0, 0.05) is 11.2 Å². The van der Waals surface area contributed by atoms with Crippen molar-refractivity contribution in [1.82, 2.24) is 14.5 Å². The number of aryl methyl sites for hydroxylation is 1. The van der Waals surface area contributed by atoms with E-state index >= 15 is 0 Å². The quantitative estimate of drug-likeness (QED) is 0.325. The van der Waals surface area contributed by atoms with Crippen LogP contribution in [0.5, 0.6) is 0 Å². The molecule has 28 heavy (non-hydrogen) atoms. The largest absolute Gasteiger partial charge is 0.409 e. The second-order valence-corrected chi connectivity index (χ2v) is 7.14. The van der Waals surface area contributed by atoms with E-state index in [1.165, 1.54) is 0 Å². The van der Waals surface area contributed by atoms with Crippen LogP contribution in [-0.4, -0.2) is 53.4 Å². The van der Waals surface area contributed by atoms with Gasteiger partial charge in [0.05, 0.1) is 5.39 Å². The number of nitrogens with one attached hydrogen (secondary N) is 1. The summed E-state index contributed by atoms with van der Waals surface area (Å²) >= 11 is 5.87. The number of ether oxygens (including phenoxy) is 1. The summed E-state index contributed by atoms with van der Waals surface area (Å²) in [6.45, 7) is 1.69. The lowest BCUT2D eigenvalue weighted by Gasteiger charge is -2.21. The third-order valence-electron chi connectivity index (χ3n) is 4.90. The molecule has 4 rings (SSSR count). The van der Waals surface area contributed by atoms with Crippen molar-refractivity contribution in [3.05, 3.63) is 58.4 Å². The molecule has 5 atom stereocenters. The molecule has 1 saturated heterocycles. The zero-order valence-electron chi connectivity index (χ0n) is 14.8. The smallest absolute Gasteiger partial charge is 0.203 e. The van der Waals surface area contributed by atoms with E-state index in [2.05, 4.69) is 15.1 Å². The molecule has 3 heterocycles. The van der Waals surface area contributed by atoms with Gasteiger partial charge in [0.2, 0.25) is 5.49 Å². The maximum atomic E-state index is 10.6. The van der Waals surface area contributed by atoms with Crippen molar-refractivity contribution >= 4 is 22.6 Å². The molecule has 10 heteroatoms. The Kier molecular flexibility index (Phi) is 4.86. The lowest BCUT2D eigenvalue weighted by molar-refractivity contribution is -0.0848. The SMILES string of the molecule is Cc1nc(=NO)c2ccn([C@@H]3O[C@H](C(O)c4ccc(Cl)cc4)[C@@H](O)[C@H]3O)c2[nH]1. The normalized spacial score (nSPS) is 26.8. The summed E-state index contributed by atoms with van der Waals surface area (Å²) in [6.07, 6.45) is -4.18. The van der Waals surface area contributed by atoms with Gasteiger partial charge in [-0.05, 0) is 30.7 Å². The Balaban J connectivity index is 1.70. The van der Waals surface area contributed by atoms with Crippen molar-refractivity contribution in [1.29, 1.82) is 0 Å². The van der Waals surface area contributed by atoms with Crippen LogP contribution < -0.4 is 5.49 Å². The average Bonchev–Trinajstić information content (AvgIpc) is 3.22. The monoisotopic (exact) mass is 406 g/mol. The van der Waals surface area contributed by atoms with Gasteiger partial charge >= 0.3 is 0 Å². The first-order valence-electron chi connectivity index (χ1n) is 8.61. The predicted octanol–water partition coefficient (Wildman–Crippen LogP) is 0.969. The van der Waals surface area contributed by atoms with Crippen molar-refractivity contribution in [2.24, 2.45) is 5.16 Å². The van der Waals surface area contributed by atoms with Crippen LogP contribution in [0.1, 0.15) is 23.7 Å². The van der Waals surface area contributed by atoms with E-state index in [4.69, 9.17) is 21.5 Å². The Hall–Kier alpha value is -2.43. The first-order chi connectivity index (χ1) is 13.4. The van der Waals surface area contributed by atoms with Crippen molar-refractivity contribution in [3.63, 3.8) is 0 Å². The topological polar surface area (TPSA) is 136 Å². The second-order valence-electron chi connectivity index (χ2n) is 6.70. The molecule has 1 aliphatic rings. The van der Waals surface area contributed by atoms with E-state index in [1.807, 2.05) is 0 Å². The predicted molar refractivity (Wildman–Crippen MR) is 98.5 cm³/mol. The second kappa shape index (κ2) is 7.19. The Morgan fingerprint density at radius 2 is 1.93 bits per heavy atom. The molecule has 0 aliphatic carbocycles. The highest BCUT2D eigenvalue weighted by molar-refractivity contribution is 6.30. The summed E-state index contributed by atoms with van der Waals surface area (Å²) in [5.74, 6) is 0.492. The highest BCUT2D eigenvalue weighted by atomic mass is 35.5. The fourth-order valence-corrected chi connectivity index (χ4v) is 3.62. The third-order valence-corrected chi connectivity index (χ3v) is 5.15. The molecule has 1 aromatic carbocycles. The van der Waals surface area contributed by atoms with Gasteiger partial charge < -0.3 is 34.8 Å². The molecule has 1 fully saturated rings. The minimum absolute atomic E-state index is 0.121. The maximum absolute atomic E-state index is 10.6. The number of aliphatic hydroxyl groups is 3. The zero-order valence-corrected chi connectivity index (χ0v) is 15.5. The number of halogens is 1. The lowest BCUT2D eigenvalue weighted by atomic mass is 9.99. The van der Waals surface area contributed by atoms with Gasteiger partial charge in [-0.3, -0.25) is 0 Å². The molecule has 5 N–H and O–H groups in total. The molecule has 9 nitrogen and oxygen atoms in total. The summed E-state index contributed by atoms with van der Waals surface area (Å²) in [5.41, 5.74) is 1.13. The van der Waals surface area contributed by atoms with Crippen LogP contribution in [0.2, 0.25) is 5.02 Å². The van der Waals surface area contributed by atoms with Crippen LogP contribution in [-0.2, 0) is 4.74 Å². The van der Waals surface area contributed by atoms with E-state index in [1.54, 1.807) is 48.0 Å².